The second-order valence-electron chi connectivity index (χ2n) is 8.79. The lowest BCUT2D eigenvalue weighted by Gasteiger charge is -2.32. The molecule has 0 aliphatic heterocycles. The highest BCUT2D eigenvalue weighted by atomic mass is 35.5. The van der Waals surface area contributed by atoms with E-state index in [1.807, 2.05) is 6.92 Å². The molecule has 0 aliphatic rings. The zero-order valence-corrected chi connectivity index (χ0v) is 24.5. The number of carbonyl (C=O) groups excluding carboxylic acids is 2. The van der Waals surface area contributed by atoms with Crippen LogP contribution in [-0.2, 0) is 26.2 Å². The van der Waals surface area contributed by atoms with Crippen molar-refractivity contribution >= 4 is 50.7 Å². The molecule has 0 aliphatic carbocycles. The molecule has 2 amide bonds. The molecule has 0 aromatic heterocycles. The summed E-state index contributed by atoms with van der Waals surface area (Å²) in [6.45, 7) is 4.81. The van der Waals surface area contributed by atoms with Gasteiger partial charge in [-0.15, -0.1) is 0 Å². The highest BCUT2D eigenvalue weighted by Gasteiger charge is 2.34. The smallest absolute Gasteiger partial charge is 0.264 e. The summed E-state index contributed by atoms with van der Waals surface area (Å²) < 4.78 is 34.3. The minimum Gasteiger partial charge on any atom is -0.495 e. The average molecular weight is 593 g/mol. The van der Waals surface area contributed by atoms with Crippen LogP contribution in [0.3, 0.4) is 0 Å². The van der Waals surface area contributed by atoms with E-state index in [2.05, 4.69) is 5.32 Å². The van der Waals surface area contributed by atoms with Crippen molar-refractivity contribution in [3.63, 3.8) is 0 Å². The van der Waals surface area contributed by atoms with Gasteiger partial charge in [-0.3, -0.25) is 13.9 Å². The molecule has 1 atom stereocenters. The molecule has 0 heterocycles. The Kier molecular flexibility index (Phi) is 10.2. The molecule has 0 saturated heterocycles. The van der Waals surface area contributed by atoms with Crippen molar-refractivity contribution in [3.05, 3.63) is 87.9 Å². The summed E-state index contributed by atoms with van der Waals surface area (Å²) in [4.78, 5) is 28.1. The monoisotopic (exact) mass is 591 g/mol. The molecule has 1 unspecified atom stereocenters. The number of benzene rings is 3. The van der Waals surface area contributed by atoms with Gasteiger partial charge in [-0.25, -0.2) is 8.42 Å². The Bertz CT molecular complexity index is 1410. The van der Waals surface area contributed by atoms with E-state index in [0.717, 1.165) is 9.87 Å². The molecule has 0 radical (unpaired) electrons. The second-order valence-corrected chi connectivity index (χ2v) is 11.5. The Morgan fingerprint density at radius 1 is 0.974 bits per heavy atom. The van der Waals surface area contributed by atoms with Crippen LogP contribution in [0.5, 0.6) is 5.75 Å². The molecule has 3 aromatic rings. The number of carbonyl (C=O) groups is 2. The van der Waals surface area contributed by atoms with Crippen molar-refractivity contribution in [3.8, 4) is 5.75 Å². The summed E-state index contributed by atoms with van der Waals surface area (Å²) in [6, 6.07) is 16.8. The Hall–Kier alpha value is -3.27. The fraction of sp³-hybridized carbons (Fsp3) is 0.286. The summed E-state index contributed by atoms with van der Waals surface area (Å²) in [5.74, 6) is -0.774. The molecular formula is C28H31Cl2N3O5S. The lowest BCUT2D eigenvalue weighted by atomic mass is 10.1. The Morgan fingerprint density at radius 2 is 1.59 bits per heavy atom. The number of anilines is 1. The molecule has 208 valence electrons. The predicted molar refractivity (Wildman–Crippen MR) is 154 cm³/mol. The fourth-order valence-electron chi connectivity index (χ4n) is 3.94. The molecule has 8 nitrogen and oxygen atoms in total. The number of para-hydroxylation sites is 2. The SMILES string of the molecule is CCNC(=O)C(C)N(Cc1c(Cl)cccc1Cl)C(=O)CN(c1ccccc1OC)S(=O)(=O)c1ccc(C)cc1. The number of halogens is 2. The summed E-state index contributed by atoms with van der Waals surface area (Å²) in [6.07, 6.45) is 0. The average Bonchev–Trinajstić information content (AvgIpc) is 2.91. The van der Waals surface area contributed by atoms with E-state index >= 15 is 0 Å². The van der Waals surface area contributed by atoms with Crippen LogP contribution in [0.4, 0.5) is 5.69 Å². The van der Waals surface area contributed by atoms with Crippen molar-refractivity contribution in [1.29, 1.82) is 0 Å². The van der Waals surface area contributed by atoms with Gasteiger partial charge in [-0.1, -0.05) is 59.1 Å². The maximum atomic E-state index is 13.9. The van der Waals surface area contributed by atoms with Crippen LogP contribution in [-0.4, -0.2) is 51.4 Å². The predicted octanol–water partition coefficient (Wildman–Crippen LogP) is 5.06. The van der Waals surface area contributed by atoms with E-state index in [9.17, 15) is 18.0 Å². The summed E-state index contributed by atoms with van der Waals surface area (Å²) in [5.41, 5.74) is 1.50. The number of nitrogens with one attached hydrogen (secondary N) is 1. The van der Waals surface area contributed by atoms with E-state index in [1.54, 1.807) is 68.4 Å². The Labute approximate surface area is 239 Å². The van der Waals surface area contributed by atoms with Crippen LogP contribution in [0, 0.1) is 6.92 Å². The maximum absolute atomic E-state index is 13.9. The van der Waals surface area contributed by atoms with Crippen LogP contribution in [0.25, 0.3) is 0 Å². The van der Waals surface area contributed by atoms with Crippen LogP contribution >= 0.6 is 23.2 Å². The molecule has 11 heteroatoms. The number of amides is 2. The first-order valence-corrected chi connectivity index (χ1v) is 14.4. The number of hydrogen-bond acceptors (Lipinski definition) is 5. The summed E-state index contributed by atoms with van der Waals surface area (Å²) in [7, 11) is -2.81. The van der Waals surface area contributed by atoms with Crippen LogP contribution in [0.1, 0.15) is 25.0 Å². The third kappa shape index (κ3) is 7.03. The van der Waals surface area contributed by atoms with E-state index in [4.69, 9.17) is 27.9 Å². The Morgan fingerprint density at radius 3 is 2.18 bits per heavy atom. The Balaban J connectivity index is 2.10. The third-order valence-electron chi connectivity index (χ3n) is 6.15. The van der Waals surface area contributed by atoms with Crippen molar-refractivity contribution in [1.82, 2.24) is 10.2 Å². The largest absolute Gasteiger partial charge is 0.495 e. The van der Waals surface area contributed by atoms with Gasteiger partial charge in [0.05, 0.1) is 17.7 Å². The fourth-order valence-corrected chi connectivity index (χ4v) is 5.89. The first kappa shape index (κ1) is 30.3. The first-order chi connectivity index (χ1) is 18.5. The number of likely N-dealkylation sites (N-methyl/N-ethyl adjacent to an activating group) is 1. The minimum absolute atomic E-state index is 0.00396. The molecule has 0 bridgehead atoms. The lowest BCUT2D eigenvalue weighted by Crippen LogP contribution is -2.51. The van der Waals surface area contributed by atoms with Gasteiger partial charge in [0.15, 0.2) is 0 Å². The van der Waals surface area contributed by atoms with Crippen LogP contribution < -0.4 is 14.4 Å². The number of ether oxygens (including phenoxy) is 1. The topological polar surface area (TPSA) is 96.0 Å². The first-order valence-electron chi connectivity index (χ1n) is 12.2. The van der Waals surface area contributed by atoms with Crippen LogP contribution in [0.2, 0.25) is 10.0 Å². The van der Waals surface area contributed by atoms with Gasteiger partial charge in [-0.05, 0) is 57.2 Å². The second kappa shape index (κ2) is 13.2. The van der Waals surface area contributed by atoms with E-state index < -0.39 is 34.4 Å². The normalized spacial score (nSPS) is 11.9. The highest BCUT2D eigenvalue weighted by Crippen LogP contribution is 2.33. The number of sulfonamides is 1. The highest BCUT2D eigenvalue weighted by molar-refractivity contribution is 7.92. The van der Waals surface area contributed by atoms with Gasteiger partial charge in [0, 0.05) is 28.7 Å². The lowest BCUT2D eigenvalue weighted by molar-refractivity contribution is -0.139. The van der Waals surface area contributed by atoms with E-state index in [-0.39, 0.29) is 22.9 Å². The van der Waals surface area contributed by atoms with E-state index in [0.29, 0.717) is 22.2 Å². The molecule has 0 saturated carbocycles. The molecule has 3 rings (SSSR count). The molecule has 0 spiro atoms. The van der Waals surface area contributed by atoms with Crippen molar-refractivity contribution in [2.75, 3.05) is 24.5 Å². The standard InChI is InChI=1S/C28H31Cl2N3O5S/c1-5-31-28(35)20(3)32(17-22-23(29)9-8-10-24(22)30)27(34)18-33(25-11-6-7-12-26(25)38-4)39(36,37)21-15-13-19(2)14-16-21/h6-16,20H,5,17-18H2,1-4H3,(H,31,35). The zero-order valence-electron chi connectivity index (χ0n) is 22.1. The van der Waals surface area contributed by atoms with Crippen molar-refractivity contribution in [2.45, 2.75) is 38.3 Å². The van der Waals surface area contributed by atoms with Crippen LogP contribution in [0.15, 0.2) is 71.6 Å². The zero-order chi connectivity index (χ0) is 28.7. The number of nitrogens with zero attached hydrogens (tertiary/aromatic N) is 2. The van der Waals surface area contributed by atoms with Crippen molar-refractivity contribution < 1.29 is 22.7 Å². The number of aryl methyl sites for hydroxylation is 1. The van der Waals surface area contributed by atoms with E-state index in [1.165, 1.54) is 24.1 Å². The minimum atomic E-state index is -4.22. The molecule has 3 aromatic carbocycles. The number of methoxy groups -OCH3 is 1. The molecule has 0 fully saturated rings. The summed E-state index contributed by atoms with van der Waals surface area (Å²) >= 11 is 12.8. The number of hydrogen-bond donors (Lipinski definition) is 1. The summed E-state index contributed by atoms with van der Waals surface area (Å²) in [5, 5.41) is 3.34. The van der Waals surface area contributed by atoms with Gasteiger partial charge in [0.1, 0.15) is 18.3 Å². The maximum Gasteiger partial charge on any atom is 0.264 e. The van der Waals surface area contributed by atoms with Gasteiger partial charge in [-0.2, -0.15) is 0 Å². The van der Waals surface area contributed by atoms with Gasteiger partial charge < -0.3 is 15.0 Å². The molecular weight excluding hydrogens is 561 g/mol. The van der Waals surface area contributed by atoms with Crippen molar-refractivity contribution in [2.24, 2.45) is 0 Å². The quantitative estimate of drug-likeness (QED) is 0.336. The van der Waals surface area contributed by atoms with Gasteiger partial charge in [0.2, 0.25) is 11.8 Å². The van der Waals surface area contributed by atoms with Gasteiger partial charge in [0.25, 0.3) is 10.0 Å². The third-order valence-corrected chi connectivity index (χ3v) is 8.63. The molecule has 1 N–H and O–H groups in total. The van der Waals surface area contributed by atoms with Gasteiger partial charge >= 0.3 is 0 Å². The number of rotatable bonds is 11. The molecule has 39 heavy (non-hydrogen) atoms.